The molecule has 3 rings (SSSR count). The average Bonchev–Trinajstić information content (AvgIpc) is 3.15. The number of benzene rings is 2. The first-order chi connectivity index (χ1) is 11.3. The molecule has 23 heavy (non-hydrogen) atoms. The summed E-state index contributed by atoms with van der Waals surface area (Å²) in [7, 11) is 0. The largest absolute Gasteiger partial charge is 0.489 e. The molecular formula is C19H18N2O2. The van der Waals surface area contributed by atoms with Gasteiger partial charge in [-0.25, -0.2) is 0 Å². The standard InChI is InChI=1S/C19H18N2O2/c20-13-15-3-5-16(6-4-15)14-23-18-9-7-17(8-10-18)19(22)21-11-1-2-12-21/h3-10H,1-2,11-12,14H2. The van der Waals surface area contributed by atoms with Crippen LogP contribution in [0, 0.1) is 11.3 Å². The van der Waals surface area contributed by atoms with Crippen molar-refractivity contribution in [2.45, 2.75) is 19.4 Å². The number of likely N-dealkylation sites (tertiary alicyclic amines) is 1. The lowest BCUT2D eigenvalue weighted by molar-refractivity contribution is 0.0793. The van der Waals surface area contributed by atoms with Crippen molar-refractivity contribution in [1.82, 2.24) is 4.90 Å². The minimum Gasteiger partial charge on any atom is -0.489 e. The van der Waals surface area contributed by atoms with Gasteiger partial charge >= 0.3 is 0 Å². The van der Waals surface area contributed by atoms with E-state index in [0.29, 0.717) is 17.7 Å². The predicted octanol–water partition coefficient (Wildman–Crippen LogP) is 3.37. The topological polar surface area (TPSA) is 53.3 Å². The Kier molecular flexibility index (Phi) is 4.58. The van der Waals surface area contributed by atoms with Crippen molar-refractivity contribution >= 4 is 5.91 Å². The van der Waals surface area contributed by atoms with Gasteiger partial charge in [0.1, 0.15) is 12.4 Å². The van der Waals surface area contributed by atoms with Gasteiger partial charge in [-0.05, 0) is 54.8 Å². The third-order valence-electron chi connectivity index (χ3n) is 3.98. The van der Waals surface area contributed by atoms with Gasteiger partial charge in [-0.2, -0.15) is 5.26 Å². The SMILES string of the molecule is N#Cc1ccc(COc2ccc(C(=O)N3CCCC3)cc2)cc1. The summed E-state index contributed by atoms with van der Waals surface area (Å²) in [6.07, 6.45) is 2.19. The van der Waals surface area contributed by atoms with E-state index in [1.165, 1.54) is 0 Å². The van der Waals surface area contributed by atoms with Crippen LogP contribution in [0.1, 0.15) is 34.3 Å². The summed E-state index contributed by atoms with van der Waals surface area (Å²) in [5, 5.41) is 8.77. The number of nitrogens with zero attached hydrogens (tertiary/aromatic N) is 2. The van der Waals surface area contributed by atoms with Gasteiger partial charge in [-0.15, -0.1) is 0 Å². The first-order valence-corrected chi connectivity index (χ1v) is 7.77. The smallest absolute Gasteiger partial charge is 0.253 e. The number of rotatable bonds is 4. The molecule has 1 amide bonds. The Morgan fingerprint density at radius 3 is 2.30 bits per heavy atom. The molecule has 0 saturated carbocycles. The van der Waals surface area contributed by atoms with Crippen LogP contribution < -0.4 is 4.74 Å². The molecule has 1 aliphatic rings. The van der Waals surface area contributed by atoms with Gasteiger partial charge in [0.25, 0.3) is 5.91 Å². The molecule has 116 valence electrons. The normalized spacial score (nSPS) is 13.6. The summed E-state index contributed by atoms with van der Waals surface area (Å²) in [5.41, 5.74) is 2.34. The summed E-state index contributed by atoms with van der Waals surface area (Å²) in [5.74, 6) is 0.827. The molecule has 0 aliphatic carbocycles. The summed E-state index contributed by atoms with van der Waals surface area (Å²) in [6.45, 7) is 2.15. The second-order valence-electron chi connectivity index (χ2n) is 5.62. The number of hydrogen-bond donors (Lipinski definition) is 0. The Morgan fingerprint density at radius 1 is 1.04 bits per heavy atom. The second-order valence-corrected chi connectivity index (χ2v) is 5.62. The summed E-state index contributed by atoms with van der Waals surface area (Å²) in [4.78, 5) is 14.2. The van der Waals surface area contributed by atoms with Crippen LogP contribution in [-0.4, -0.2) is 23.9 Å². The van der Waals surface area contributed by atoms with Crippen LogP contribution >= 0.6 is 0 Å². The highest BCUT2D eigenvalue weighted by Gasteiger charge is 2.19. The lowest BCUT2D eigenvalue weighted by atomic mass is 10.1. The molecule has 0 atom stereocenters. The first kappa shape index (κ1) is 15.1. The Balaban J connectivity index is 1.58. The number of carbonyl (C=O) groups is 1. The monoisotopic (exact) mass is 306 g/mol. The van der Waals surface area contributed by atoms with Crippen LogP contribution in [0.4, 0.5) is 0 Å². The van der Waals surface area contributed by atoms with E-state index in [-0.39, 0.29) is 5.91 Å². The van der Waals surface area contributed by atoms with Gasteiger partial charge in [0, 0.05) is 18.7 Å². The molecule has 2 aromatic carbocycles. The molecule has 0 N–H and O–H groups in total. The van der Waals surface area contributed by atoms with Gasteiger partial charge in [0.15, 0.2) is 0 Å². The maximum Gasteiger partial charge on any atom is 0.253 e. The van der Waals surface area contributed by atoms with Crippen LogP contribution in [-0.2, 0) is 6.61 Å². The van der Waals surface area contributed by atoms with E-state index in [9.17, 15) is 4.79 Å². The predicted molar refractivity (Wildman–Crippen MR) is 87.1 cm³/mol. The van der Waals surface area contributed by atoms with Crippen molar-refractivity contribution in [1.29, 1.82) is 5.26 Å². The van der Waals surface area contributed by atoms with Gasteiger partial charge in [-0.1, -0.05) is 12.1 Å². The third-order valence-corrected chi connectivity index (χ3v) is 3.98. The zero-order chi connectivity index (χ0) is 16.1. The molecule has 0 bridgehead atoms. The van der Waals surface area contributed by atoms with E-state index < -0.39 is 0 Å². The van der Waals surface area contributed by atoms with Gasteiger partial charge in [-0.3, -0.25) is 4.79 Å². The maximum atomic E-state index is 12.3. The van der Waals surface area contributed by atoms with Gasteiger partial charge in [0.05, 0.1) is 11.6 Å². The van der Waals surface area contributed by atoms with Crippen molar-refractivity contribution in [2.24, 2.45) is 0 Å². The van der Waals surface area contributed by atoms with Crippen LogP contribution in [0.5, 0.6) is 5.75 Å². The highest BCUT2D eigenvalue weighted by molar-refractivity contribution is 5.94. The van der Waals surface area contributed by atoms with Crippen molar-refractivity contribution in [2.75, 3.05) is 13.1 Å². The highest BCUT2D eigenvalue weighted by atomic mass is 16.5. The van der Waals surface area contributed by atoms with Crippen molar-refractivity contribution in [3.05, 3.63) is 65.2 Å². The van der Waals surface area contributed by atoms with E-state index in [1.54, 1.807) is 12.1 Å². The zero-order valence-electron chi connectivity index (χ0n) is 12.9. The third kappa shape index (κ3) is 3.70. The number of carbonyl (C=O) groups excluding carboxylic acids is 1. The van der Waals surface area contributed by atoms with E-state index in [2.05, 4.69) is 6.07 Å². The molecule has 0 aromatic heterocycles. The summed E-state index contributed by atoms with van der Waals surface area (Å²) >= 11 is 0. The molecular weight excluding hydrogens is 288 g/mol. The Morgan fingerprint density at radius 2 is 1.70 bits per heavy atom. The van der Waals surface area contributed by atoms with Crippen LogP contribution in [0.3, 0.4) is 0 Å². The molecule has 0 unspecified atom stereocenters. The lowest BCUT2D eigenvalue weighted by Crippen LogP contribution is -2.27. The van der Waals surface area contributed by atoms with E-state index in [0.717, 1.165) is 37.2 Å². The average molecular weight is 306 g/mol. The maximum absolute atomic E-state index is 12.3. The van der Waals surface area contributed by atoms with Gasteiger partial charge < -0.3 is 9.64 Å². The molecule has 2 aromatic rings. The fourth-order valence-corrected chi connectivity index (χ4v) is 2.64. The summed E-state index contributed by atoms with van der Waals surface area (Å²) in [6, 6.07) is 16.7. The van der Waals surface area contributed by atoms with Crippen molar-refractivity contribution in [3.63, 3.8) is 0 Å². The molecule has 4 heteroatoms. The van der Waals surface area contributed by atoms with Crippen LogP contribution in [0.15, 0.2) is 48.5 Å². The lowest BCUT2D eigenvalue weighted by Gasteiger charge is -2.15. The van der Waals surface area contributed by atoms with E-state index >= 15 is 0 Å². The highest BCUT2D eigenvalue weighted by Crippen LogP contribution is 2.17. The Bertz CT molecular complexity index is 709. The van der Waals surface area contributed by atoms with Crippen LogP contribution in [0.2, 0.25) is 0 Å². The molecule has 1 fully saturated rings. The molecule has 0 radical (unpaired) electrons. The second kappa shape index (κ2) is 6.97. The first-order valence-electron chi connectivity index (χ1n) is 7.77. The van der Waals surface area contributed by atoms with Gasteiger partial charge in [0.2, 0.25) is 0 Å². The molecule has 4 nitrogen and oxygen atoms in total. The van der Waals surface area contributed by atoms with E-state index in [1.807, 2.05) is 41.3 Å². The van der Waals surface area contributed by atoms with E-state index in [4.69, 9.17) is 10.00 Å². The number of nitriles is 1. The molecule has 0 spiro atoms. The zero-order valence-corrected chi connectivity index (χ0v) is 12.9. The molecule has 1 saturated heterocycles. The minimum absolute atomic E-state index is 0.0983. The fraction of sp³-hybridized carbons (Fsp3) is 0.263. The number of hydrogen-bond acceptors (Lipinski definition) is 3. The van der Waals surface area contributed by atoms with Crippen molar-refractivity contribution < 1.29 is 9.53 Å². The van der Waals surface area contributed by atoms with Crippen LogP contribution in [0.25, 0.3) is 0 Å². The quantitative estimate of drug-likeness (QED) is 0.870. The number of ether oxygens (including phenoxy) is 1. The van der Waals surface area contributed by atoms with Crippen molar-refractivity contribution in [3.8, 4) is 11.8 Å². The fourth-order valence-electron chi connectivity index (χ4n) is 2.64. The number of amides is 1. The summed E-state index contributed by atoms with van der Waals surface area (Å²) < 4.78 is 5.72. The molecule has 1 heterocycles. The minimum atomic E-state index is 0.0983. The Hall–Kier alpha value is -2.80. The molecule has 1 aliphatic heterocycles. The Labute approximate surface area is 135 Å².